The van der Waals surface area contributed by atoms with Gasteiger partial charge >= 0.3 is 19.3 Å². The van der Waals surface area contributed by atoms with Crippen LogP contribution in [-0.2, 0) is 19.1 Å². The summed E-state index contributed by atoms with van der Waals surface area (Å²) in [6.45, 7) is 3.75. The number of nitrogens with zero attached hydrogens (tertiary/aromatic N) is 2. The second-order valence-electron chi connectivity index (χ2n) is 7.54. The lowest BCUT2D eigenvalue weighted by Crippen LogP contribution is -2.33. The minimum absolute atomic E-state index is 0.108. The van der Waals surface area contributed by atoms with Crippen LogP contribution in [0.25, 0.3) is 5.57 Å². The van der Waals surface area contributed by atoms with Crippen molar-refractivity contribution < 1.29 is 50.0 Å². The predicted octanol–water partition coefficient (Wildman–Crippen LogP) is 4.73. The number of halogens is 6. The maximum absolute atomic E-state index is 15.3. The van der Waals surface area contributed by atoms with Gasteiger partial charge in [0.1, 0.15) is 0 Å². The van der Waals surface area contributed by atoms with Crippen LogP contribution in [0, 0.1) is 29.2 Å². The lowest BCUT2D eigenvalue weighted by atomic mass is 9.97. The molecule has 0 amide bonds. The number of esters is 2. The first-order valence-corrected chi connectivity index (χ1v) is 11.4. The molecule has 1 aliphatic heterocycles. The van der Waals surface area contributed by atoms with E-state index in [0.29, 0.717) is 4.48 Å². The van der Waals surface area contributed by atoms with Gasteiger partial charge in [0, 0.05) is 11.3 Å². The van der Waals surface area contributed by atoms with E-state index >= 15 is 8.78 Å². The molecule has 0 saturated carbocycles. The van der Waals surface area contributed by atoms with Gasteiger partial charge in [0.15, 0.2) is 23.3 Å². The molecule has 1 aromatic heterocycles. The van der Waals surface area contributed by atoms with Gasteiger partial charge in [0.05, 0.1) is 36.8 Å². The Balaban J connectivity index is 2.35. The molecular weight excluding hydrogens is 521 g/mol. The van der Waals surface area contributed by atoms with E-state index in [-0.39, 0.29) is 25.5 Å². The first-order chi connectivity index (χ1) is 18.1. The van der Waals surface area contributed by atoms with Crippen LogP contribution < -0.4 is 4.74 Å². The maximum atomic E-state index is 15.3. The van der Waals surface area contributed by atoms with Crippen LogP contribution in [-0.4, -0.2) is 49.4 Å². The third-order valence-corrected chi connectivity index (χ3v) is 5.27. The first kappa shape index (κ1) is 28.6. The van der Waals surface area contributed by atoms with Crippen molar-refractivity contribution >= 4 is 30.6 Å². The molecule has 14 heteroatoms. The Kier molecular flexibility index (Phi) is 9.07. The smallest absolute Gasteiger partial charge is 0.488 e. The van der Waals surface area contributed by atoms with Gasteiger partial charge < -0.3 is 18.7 Å². The largest absolute Gasteiger partial charge is 0.677 e. The second-order valence-corrected chi connectivity index (χ2v) is 7.54. The van der Waals surface area contributed by atoms with Crippen molar-refractivity contribution in [2.45, 2.75) is 20.8 Å². The van der Waals surface area contributed by atoms with E-state index in [4.69, 9.17) is 9.47 Å². The summed E-state index contributed by atoms with van der Waals surface area (Å²) in [6.07, 6.45) is 3.02. The highest BCUT2D eigenvalue weighted by Gasteiger charge is 2.37. The van der Waals surface area contributed by atoms with Crippen molar-refractivity contribution in [2.75, 3.05) is 19.8 Å². The predicted molar refractivity (Wildman–Crippen MR) is 125 cm³/mol. The molecule has 3 rings (SSSR count). The van der Waals surface area contributed by atoms with Crippen molar-refractivity contribution in [1.82, 2.24) is 4.48 Å². The second kappa shape index (κ2) is 12.1. The fraction of sp³-hybridized carbons (Fsp3) is 0.292. The lowest BCUT2D eigenvalue weighted by molar-refractivity contribution is -0.157. The number of hydrogen-bond donors (Lipinski definition) is 0. The number of rotatable bonds is 10. The van der Waals surface area contributed by atoms with Crippen LogP contribution in [0.2, 0.25) is 0 Å². The molecule has 2 heterocycles. The van der Waals surface area contributed by atoms with E-state index in [1.807, 2.05) is 0 Å². The molecule has 0 spiro atoms. The van der Waals surface area contributed by atoms with Gasteiger partial charge in [-0.15, -0.1) is 0 Å². The highest BCUT2D eigenvalue weighted by molar-refractivity contribution is 6.41. The third kappa shape index (κ3) is 5.34. The summed E-state index contributed by atoms with van der Waals surface area (Å²) in [7, 11) is -3.22. The fourth-order valence-electron chi connectivity index (χ4n) is 3.73. The van der Waals surface area contributed by atoms with Crippen LogP contribution >= 0.6 is 0 Å². The Morgan fingerprint density at radius 2 is 1.50 bits per heavy atom. The van der Waals surface area contributed by atoms with Gasteiger partial charge in [-0.1, -0.05) is 0 Å². The van der Waals surface area contributed by atoms with Crippen LogP contribution in [0.15, 0.2) is 41.2 Å². The quantitative estimate of drug-likeness (QED) is 0.143. The average Bonchev–Trinajstić information content (AvgIpc) is 3.54. The van der Waals surface area contributed by atoms with Crippen molar-refractivity contribution in [2.24, 2.45) is 10.9 Å². The number of allylic oxidation sites excluding steroid dienone is 2. The Bertz CT molecular complexity index is 1290. The Morgan fingerprint density at radius 3 is 2.00 bits per heavy atom. The molecule has 0 N–H and O–H groups in total. The monoisotopic (exact) mass is 542 g/mol. The summed E-state index contributed by atoms with van der Waals surface area (Å²) < 4.78 is 102. The van der Waals surface area contributed by atoms with Crippen LogP contribution in [0.5, 0.6) is 5.75 Å². The maximum Gasteiger partial charge on any atom is 0.677 e. The molecule has 0 radical (unpaired) electrons. The molecular formula is C24H21BF6N2O5. The van der Waals surface area contributed by atoms with Gasteiger partial charge in [0.2, 0.25) is 11.6 Å². The van der Waals surface area contributed by atoms with Crippen molar-refractivity contribution in [1.29, 1.82) is 0 Å². The Morgan fingerprint density at radius 1 is 0.921 bits per heavy atom. The van der Waals surface area contributed by atoms with Gasteiger partial charge in [-0.05, 0) is 51.3 Å². The minimum atomic E-state index is -3.22. The van der Waals surface area contributed by atoms with E-state index in [2.05, 4.69) is 9.73 Å². The van der Waals surface area contributed by atoms with E-state index < -0.39 is 76.8 Å². The molecule has 1 aromatic carbocycles. The summed E-state index contributed by atoms with van der Waals surface area (Å²) >= 11 is 0. The highest BCUT2D eigenvalue weighted by Crippen LogP contribution is 2.39. The van der Waals surface area contributed by atoms with Gasteiger partial charge in [-0.2, -0.15) is 8.78 Å². The molecule has 0 bridgehead atoms. The number of carbonyl (C=O) groups is 2. The summed E-state index contributed by atoms with van der Waals surface area (Å²) in [5.41, 5.74) is -3.46. The number of aromatic nitrogens is 1. The zero-order valence-corrected chi connectivity index (χ0v) is 20.4. The molecule has 38 heavy (non-hydrogen) atoms. The molecule has 0 saturated heterocycles. The molecule has 202 valence electrons. The standard InChI is InChI=1S/C24H21BF6N2O5/c1-4-36-22-20(28)18(26)17(19(27)21(22)29)15(14-8-7-11-33(14)25(30)31)12-9-10-13(32-12)16(23(34)37-5-2)24(35)38-6-3/h7-11,16H,4-6H2,1-3H3/b15-12+. The number of ether oxygens (including phenoxy) is 3. The first-order valence-electron chi connectivity index (χ1n) is 11.4. The molecule has 0 atom stereocenters. The normalized spacial score (nSPS) is 14.0. The SMILES string of the molecule is CCOC(=O)C(C(=O)OCC)C1=N/C(=C(/c2c(F)c(F)c(OCC)c(F)c2F)c2cccn2B(F)F)C=C1. The molecule has 0 aliphatic carbocycles. The molecule has 0 unspecified atom stereocenters. The van der Waals surface area contributed by atoms with Crippen LogP contribution in [0.4, 0.5) is 26.2 Å². The molecule has 7 nitrogen and oxygen atoms in total. The number of aliphatic imine (C=N–C) groups is 1. The van der Waals surface area contributed by atoms with E-state index in [0.717, 1.165) is 30.5 Å². The van der Waals surface area contributed by atoms with Crippen molar-refractivity contribution in [3.8, 4) is 5.75 Å². The van der Waals surface area contributed by atoms with E-state index in [9.17, 15) is 27.0 Å². The summed E-state index contributed by atoms with van der Waals surface area (Å²) in [5.74, 6) is -12.8. The van der Waals surface area contributed by atoms with Gasteiger partial charge in [-0.25, -0.2) is 8.78 Å². The van der Waals surface area contributed by atoms with Crippen molar-refractivity contribution in [3.63, 3.8) is 0 Å². The third-order valence-electron chi connectivity index (χ3n) is 5.27. The zero-order chi connectivity index (χ0) is 28.1. The summed E-state index contributed by atoms with van der Waals surface area (Å²) in [5, 5.41) is 0. The molecule has 1 aliphatic rings. The molecule has 2 aromatic rings. The van der Waals surface area contributed by atoms with E-state index in [1.54, 1.807) is 0 Å². The summed E-state index contributed by atoms with van der Waals surface area (Å²) in [4.78, 5) is 29.0. The van der Waals surface area contributed by atoms with Gasteiger partial charge in [0.25, 0.3) is 0 Å². The highest BCUT2D eigenvalue weighted by atomic mass is 19.2. The Hall–Kier alpha value is -3.97. The minimum Gasteiger partial charge on any atom is -0.488 e. The topological polar surface area (TPSA) is 79.1 Å². The lowest BCUT2D eigenvalue weighted by Gasteiger charge is -2.17. The van der Waals surface area contributed by atoms with Gasteiger partial charge in [-0.3, -0.25) is 23.2 Å². The average molecular weight is 542 g/mol. The molecule has 0 fully saturated rings. The van der Waals surface area contributed by atoms with Crippen LogP contribution in [0.1, 0.15) is 32.0 Å². The zero-order valence-electron chi connectivity index (χ0n) is 20.4. The summed E-state index contributed by atoms with van der Waals surface area (Å²) in [6, 6.07) is 2.14. The van der Waals surface area contributed by atoms with E-state index in [1.165, 1.54) is 20.8 Å². The number of benzene rings is 1. The Labute approximate surface area is 213 Å². The number of hydrogen-bond acceptors (Lipinski definition) is 6. The fourth-order valence-corrected chi connectivity index (χ4v) is 3.73. The van der Waals surface area contributed by atoms with Crippen molar-refractivity contribution in [3.05, 3.63) is 70.7 Å². The number of carbonyl (C=O) groups excluding carboxylic acids is 2. The van der Waals surface area contributed by atoms with Crippen LogP contribution in [0.3, 0.4) is 0 Å².